The molecule has 0 radical (unpaired) electrons. The smallest absolute Gasteiger partial charge is 0.416 e. The number of aromatic nitrogens is 2. The predicted octanol–water partition coefficient (Wildman–Crippen LogP) is 3.41. The van der Waals surface area contributed by atoms with E-state index in [1.54, 1.807) is 6.92 Å². The topological polar surface area (TPSA) is 84.8 Å². The van der Waals surface area contributed by atoms with Gasteiger partial charge < -0.3 is 14.6 Å². The summed E-state index contributed by atoms with van der Waals surface area (Å²) >= 11 is 0. The number of carbonyl (C=O) groups is 1. The molecule has 1 aliphatic heterocycles. The fourth-order valence-corrected chi connectivity index (χ4v) is 3.10. The highest BCUT2D eigenvalue weighted by Gasteiger charge is 2.39. The number of aliphatic hydroxyl groups is 1. The summed E-state index contributed by atoms with van der Waals surface area (Å²) < 4.78 is 61.8. The highest BCUT2D eigenvalue weighted by molar-refractivity contribution is 5.89. The maximum Gasteiger partial charge on any atom is 0.416 e. The van der Waals surface area contributed by atoms with E-state index in [9.17, 15) is 27.5 Å². The highest BCUT2D eigenvalue weighted by Crippen LogP contribution is 2.28. The van der Waals surface area contributed by atoms with Crippen molar-refractivity contribution in [2.24, 2.45) is 0 Å². The minimum absolute atomic E-state index is 0.113. The standard InChI is InChI=1S/C19H19F4N3O4/c1-9(11-3-4-15(12(20)6-11)30-18(22)23)5-16-24-7-13(21)17(25-16)26-14(10(2)27)8-29-19(26)28/h3-4,6-7,9-10,14,18,27H,5,8H2,1-2H3/t9-,10-,14-/m1/s1. The van der Waals surface area contributed by atoms with E-state index in [4.69, 9.17) is 4.74 Å². The van der Waals surface area contributed by atoms with E-state index in [-0.39, 0.29) is 30.6 Å². The Morgan fingerprint density at radius 1 is 1.30 bits per heavy atom. The molecule has 11 heteroatoms. The number of cyclic esters (lactones) is 1. The Kier molecular flexibility index (Phi) is 6.40. The average molecular weight is 429 g/mol. The van der Waals surface area contributed by atoms with Gasteiger partial charge in [-0.25, -0.2) is 28.4 Å². The van der Waals surface area contributed by atoms with Gasteiger partial charge in [-0.3, -0.25) is 0 Å². The van der Waals surface area contributed by atoms with E-state index in [0.717, 1.165) is 23.2 Å². The van der Waals surface area contributed by atoms with Gasteiger partial charge in [-0.15, -0.1) is 0 Å². The van der Waals surface area contributed by atoms with Gasteiger partial charge in [-0.1, -0.05) is 13.0 Å². The molecule has 162 valence electrons. The van der Waals surface area contributed by atoms with Crippen LogP contribution in [-0.4, -0.2) is 46.5 Å². The first-order chi connectivity index (χ1) is 14.2. The summed E-state index contributed by atoms with van der Waals surface area (Å²) in [4.78, 5) is 20.9. The first-order valence-corrected chi connectivity index (χ1v) is 9.07. The molecular weight excluding hydrogens is 410 g/mol. The highest BCUT2D eigenvalue weighted by atomic mass is 19.3. The lowest BCUT2D eigenvalue weighted by Crippen LogP contribution is -2.42. The SMILES string of the molecule is C[C@H](Cc1ncc(F)c(N2C(=O)OC[C@@H]2[C@@H](C)O)n1)c1ccc(OC(F)F)c(F)c1. The molecule has 1 fully saturated rings. The van der Waals surface area contributed by atoms with Crippen LogP contribution in [0.4, 0.5) is 28.2 Å². The van der Waals surface area contributed by atoms with Gasteiger partial charge in [0.25, 0.3) is 0 Å². The monoisotopic (exact) mass is 429 g/mol. The number of halogens is 4. The second-order valence-electron chi connectivity index (χ2n) is 6.89. The van der Waals surface area contributed by atoms with Crippen molar-refractivity contribution < 1.29 is 36.9 Å². The lowest BCUT2D eigenvalue weighted by Gasteiger charge is -2.23. The zero-order chi connectivity index (χ0) is 22.0. The fourth-order valence-electron chi connectivity index (χ4n) is 3.10. The Morgan fingerprint density at radius 2 is 2.03 bits per heavy atom. The minimum Gasteiger partial charge on any atom is -0.447 e. The summed E-state index contributed by atoms with van der Waals surface area (Å²) in [7, 11) is 0. The zero-order valence-electron chi connectivity index (χ0n) is 16.1. The van der Waals surface area contributed by atoms with E-state index in [1.807, 2.05) is 0 Å². The third kappa shape index (κ3) is 4.61. The van der Waals surface area contributed by atoms with Crippen LogP contribution >= 0.6 is 0 Å². The molecule has 3 rings (SSSR count). The Morgan fingerprint density at radius 3 is 2.67 bits per heavy atom. The van der Waals surface area contributed by atoms with Crippen LogP contribution in [0.2, 0.25) is 0 Å². The third-order valence-corrected chi connectivity index (χ3v) is 4.70. The molecule has 0 bridgehead atoms. The molecule has 1 aliphatic rings. The summed E-state index contributed by atoms with van der Waals surface area (Å²) in [6.07, 6.45) is -0.779. The average Bonchev–Trinajstić information content (AvgIpc) is 3.06. The number of rotatable bonds is 7. The summed E-state index contributed by atoms with van der Waals surface area (Å²) in [5.41, 5.74) is 0.464. The number of amides is 1. The molecule has 1 N–H and O–H groups in total. The fraction of sp³-hybridized carbons (Fsp3) is 0.421. The summed E-state index contributed by atoms with van der Waals surface area (Å²) in [5.74, 6) is -2.91. The number of anilines is 1. The second-order valence-corrected chi connectivity index (χ2v) is 6.89. The first-order valence-electron chi connectivity index (χ1n) is 9.07. The van der Waals surface area contributed by atoms with Crippen LogP contribution in [0.5, 0.6) is 5.75 Å². The molecule has 3 atom stereocenters. The summed E-state index contributed by atoms with van der Waals surface area (Å²) in [6.45, 7) is -0.0933. The molecule has 2 heterocycles. The minimum atomic E-state index is -3.14. The van der Waals surface area contributed by atoms with Gasteiger partial charge in [-0.2, -0.15) is 8.78 Å². The molecule has 0 saturated carbocycles. The molecule has 0 aliphatic carbocycles. The quantitative estimate of drug-likeness (QED) is 0.679. The second kappa shape index (κ2) is 8.82. The molecule has 0 spiro atoms. The van der Waals surface area contributed by atoms with Gasteiger partial charge in [0.1, 0.15) is 18.5 Å². The van der Waals surface area contributed by atoms with Crippen molar-refractivity contribution in [2.45, 2.75) is 44.9 Å². The Labute approximate surface area is 169 Å². The molecule has 30 heavy (non-hydrogen) atoms. The molecule has 1 aromatic carbocycles. The van der Waals surface area contributed by atoms with Crippen molar-refractivity contribution in [1.29, 1.82) is 0 Å². The number of ether oxygens (including phenoxy) is 2. The lowest BCUT2D eigenvalue weighted by atomic mass is 9.97. The maximum absolute atomic E-state index is 14.3. The molecule has 7 nitrogen and oxygen atoms in total. The van der Waals surface area contributed by atoms with Crippen LogP contribution in [0.15, 0.2) is 24.4 Å². The first kappa shape index (κ1) is 21.8. The van der Waals surface area contributed by atoms with Crippen molar-refractivity contribution in [3.8, 4) is 5.75 Å². The van der Waals surface area contributed by atoms with Gasteiger partial charge in [-0.05, 0) is 30.5 Å². The van der Waals surface area contributed by atoms with Gasteiger partial charge in [0.2, 0.25) is 0 Å². The number of aliphatic hydroxyl groups excluding tert-OH is 1. The van der Waals surface area contributed by atoms with E-state index >= 15 is 0 Å². The van der Waals surface area contributed by atoms with Crippen LogP contribution in [0, 0.1) is 11.6 Å². The number of alkyl halides is 2. The predicted molar refractivity (Wildman–Crippen MR) is 96.4 cm³/mol. The van der Waals surface area contributed by atoms with Crippen molar-refractivity contribution in [1.82, 2.24) is 9.97 Å². The Balaban J connectivity index is 1.81. The number of carbonyl (C=O) groups excluding carboxylic acids is 1. The Bertz CT molecular complexity index is 929. The molecule has 1 saturated heterocycles. The number of nitrogens with zero attached hydrogens (tertiary/aromatic N) is 3. The van der Waals surface area contributed by atoms with E-state index < -0.39 is 42.2 Å². The van der Waals surface area contributed by atoms with Gasteiger partial charge >= 0.3 is 12.7 Å². The molecular formula is C19H19F4N3O4. The lowest BCUT2D eigenvalue weighted by molar-refractivity contribution is -0.0522. The third-order valence-electron chi connectivity index (χ3n) is 4.70. The normalized spacial score (nSPS) is 18.5. The van der Waals surface area contributed by atoms with Crippen LogP contribution in [0.3, 0.4) is 0 Å². The van der Waals surface area contributed by atoms with Crippen LogP contribution in [0.25, 0.3) is 0 Å². The van der Waals surface area contributed by atoms with Crippen molar-refractivity contribution in [3.63, 3.8) is 0 Å². The van der Waals surface area contributed by atoms with E-state index in [0.29, 0.717) is 5.56 Å². The van der Waals surface area contributed by atoms with E-state index in [2.05, 4.69) is 14.7 Å². The number of hydrogen-bond acceptors (Lipinski definition) is 6. The van der Waals surface area contributed by atoms with Crippen LogP contribution < -0.4 is 9.64 Å². The molecule has 1 amide bonds. The van der Waals surface area contributed by atoms with Crippen molar-refractivity contribution in [3.05, 3.63) is 47.4 Å². The maximum atomic E-state index is 14.3. The molecule has 1 aromatic heterocycles. The number of hydrogen-bond donors (Lipinski definition) is 1. The molecule has 0 unspecified atom stereocenters. The summed E-state index contributed by atoms with van der Waals surface area (Å²) in [5, 5.41) is 9.83. The van der Waals surface area contributed by atoms with Gasteiger partial charge in [0.05, 0.1) is 12.3 Å². The molecule has 2 aromatic rings. The van der Waals surface area contributed by atoms with E-state index in [1.165, 1.54) is 13.0 Å². The Hall–Kier alpha value is -2.95. The van der Waals surface area contributed by atoms with Gasteiger partial charge in [0.15, 0.2) is 23.2 Å². The van der Waals surface area contributed by atoms with Gasteiger partial charge in [0, 0.05) is 6.42 Å². The van der Waals surface area contributed by atoms with Crippen molar-refractivity contribution >= 4 is 11.9 Å². The largest absolute Gasteiger partial charge is 0.447 e. The van der Waals surface area contributed by atoms with Crippen LogP contribution in [0.1, 0.15) is 31.2 Å². The van der Waals surface area contributed by atoms with Crippen molar-refractivity contribution in [2.75, 3.05) is 11.5 Å². The zero-order valence-corrected chi connectivity index (χ0v) is 16.1. The van der Waals surface area contributed by atoms with Crippen LogP contribution in [-0.2, 0) is 11.2 Å². The summed E-state index contributed by atoms with van der Waals surface area (Å²) in [6, 6.07) is 2.78. The number of benzene rings is 1.